The van der Waals surface area contributed by atoms with Crippen molar-refractivity contribution in [1.29, 1.82) is 0 Å². The van der Waals surface area contributed by atoms with Gasteiger partial charge in [0.05, 0.1) is 0 Å². The number of halogens is 1. The van der Waals surface area contributed by atoms with E-state index in [1.807, 2.05) is 6.07 Å². The van der Waals surface area contributed by atoms with Gasteiger partial charge >= 0.3 is 0 Å². The minimum atomic E-state index is 0.430. The first-order chi connectivity index (χ1) is 8.67. The zero-order valence-corrected chi connectivity index (χ0v) is 12.6. The third-order valence-corrected chi connectivity index (χ3v) is 3.90. The molecule has 1 aromatic rings. The molecule has 5 heteroatoms. The highest BCUT2D eigenvalue weighted by molar-refractivity contribution is 9.10. The van der Waals surface area contributed by atoms with Gasteiger partial charge in [0.25, 0.3) is 0 Å². The van der Waals surface area contributed by atoms with E-state index in [0.29, 0.717) is 5.41 Å². The second-order valence-electron chi connectivity index (χ2n) is 4.94. The van der Waals surface area contributed by atoms with Gasteiger partial charge in [-0.05, 0) is 40.6 Å². The van der Waals surface area contributed by atoms with Crippen molar-refractivity contribution >= 4 is 21.7 Å². The molecule has 0 radical (unpaired) electrons. The van der Waals surface area contributed by atoms with Gasteiger partial charge in [-0.1, -0.05) is 6.92 Å². The third-order valence-electron chi connectivity index (χ3n) is 3.50. The first-order valence-electron chi connectivity index (χ1n) is 6.44. The molecule has 1 fully saturated rings. The third kappa shape index (κ3) is 3.65. The lowest BCUT2D eigenvalue weighted by atomic mass is 10.0. The topological polar surface area (TPSA) is 47.0 Å². The first kappa shape index (κ1) is 13.7. The molecule has 1 heterocycles. The fraction of sp³-hybridized carbons (Fsp3) is 0.692. The molecule has 0 aromatic carbocycles. The molecule has 0 aliphatic heterocycles. The summed E-state index contributed by atoms with van der Waals surface area (Å²) in [5.74, 6) is 1.78. The van der Waals surface area contributed by atoms with Crippen LogP contribution in [0.4, 0.5) is 5.82 Å². The number of nitrogens with zero attached hydrogens (tertiary/aromatic N) is 2. The highest BCUT2D eigenvalue weighted by Gasteiger charge is 2.41. The van der Waals surface area contributed by atoms with Crippen molar-refractivity contribution in [1.82, 2.24) is 9.97 Å². The Balaban J connectivity index is 1.92. The van der Waals surface area contributed by atoms with Crippen LogP contribution in [0.15, 0.2) is 10.7 Å². The van der Waals surface area contributed by atoms with Gasteiger partial charge in [0, 0.05) is 32.7 Å². The molecule has 2 rings (SSSR count). The van der Waals surface area contributed by atoms with E-state index in [-0.39, 0.29) is 0 Å². The molecule has 0 bridgehead atoms. The molecule has 0 spiro atoms. The van der Waals surface area contributed by atoms with Crippen molar-refractivity contribution in [2.75, 3.05) is 25.6 Å². The zero-order valence-electron chi connectivity index (χ0n) is 11.0. The predicted molar refractivity (Wildman–Crippen MR) is 75.8 cm³/mol. The number of methoxy groups -OCH3 is 1. The number of aryl methyl sites for hydroxylation is 1. The van der Waals surface area contributed by atoms with Crippen LogP contribution in [0.3, 0.4) is 0 Å². The highest BCUT2D eigenvalue weighted by atomic mass is 79.9. The average molecular weight is 314 g/mol. The van der Waals surface area contributed by atoms with Crippen LogP contribution < -0.4 is 5.32 Å². The van der Waals surface area contributed by atoms with Gasteiger partial charge in [0.1, 0.15) is 16.2 Å². The summed E-state index contributed by atoms with van der Waals surface area (Å²) in [5, 5.41) is 3.44. The van der Waals surface area contributed by atoms with Crippen LogP contribution in [0, 0.1) is 5.41 Å². The second kappa shape index (κ2) is 5.97. The molecular weight excluding hydrogens is 294 g/mol. The van der Waals surface area contributed by atoms with Crippen molar-refractivity contribution in [2.24, 2.45) is 5.41 Å². The van der Waals surface area contributed by atoms with Crippen LogP contribution in [-0.2, 0) is 11.2 Å². The molecule has 1 N–H and O–H groups in total. The van der Waals surface area contributed by atoms with Crippen LogP contribution in [-0.4, -0.2) is 30.2 Å². The van der Waals surface area contributed by atoms with Crippen molar-refractivity contribution < 1.29 is 4.74 Å². The monoisotopic (exact) mass is 313 g/mol. The van der Waals surface area contributed by atoms with Crippen LogP contribution in [0.5, 0.6) is 0 Å². The molecule has 100 valence electrons. The summed E-state index contributed by atoms with van der Waals surface area (Å²) in [6, 6.07) is 1.94. The first-order valence-corrected chi connectivity index (χ1v) is 7.23. The van der Waals surface area contributed by atoms with E-state index in [1.165, 1.54) is 12.8 Å². The highest BCUT2D eigenvalue weighted by Crippen LogP contribution is 2.48. The number of anilines is 1. The minimum absolute atomic E-state index is 0.430. The van der Waals surface area contributed by atoms with Crippen LogP contribution in [0.2, 0.25) is 0 Å². The number of ether oxygens (including phenoxy) is 1. The summed E-state index contributed by atoms with van der Waals surface area (Å²) in [5.41, 5.74) is 0.430. The van der Waals surface area contributed by atoms with Crippen molar-refractivity contribution in [2.45, 2.75) is 32.6 Å². The SMILES string of the molecule is CCc1nc(Br)cc(NCC2(CCOC)CC2)n1. The van der Waals surface area contributed by atoms with Gasteiger partial charge in [-0.3, -0.25) is 0 Å². The Morgan fingerprint density at radius 3 is 2.83 bits per heavy atom. The zero-order chi connectivity index (χ0) is 13.0. The lowest BCUT2D eigenvalue weighted by molar-refractivity contribution is 0.175. The minimum Gasteiger partial charge on any atom is -0.385 e. The maximum atomic E-state index is 5.16. The maximum Gasteiger partial charge on any atom is 0.131 e. The summed E-state index contributed by atoms with van der Waals surface area (Å²) in [7, 11) is 1.76. The normalized spacial score (nSPS) is 16.6. The lowest BCUT2D eigenvalue weighted by Crippen LogP contribution is -2.18. The molecule has 1 aliphatic rings. The van der Waals surface area contributed by atoms with E-state index in [4.69, 9.17) is 4.74 Å². The Hall–Kier alpha value is -0.680. The van der Waals surface area contributed by atoms with E-state index in [2.05, 4.69) is 38.1 Å². The second-order valence-corrected chi connectivity index (χ2v) is 5.75. The van der Waals surface area contributed by atoms with Crippen molar-refractivity contribution in [3.8, 4) is 0 Å². The average Bonchev–Trinajstić information content (AvgIpc) is 3.14. The van der Waals surface area contributed by atoms with E-state index >= 15 is 0 Å². The van der Waals surface area contributed by atoms with Crippen molar-refractivity contribution in [3.05, 3.63) is 16.5 Å². The quantitative estimate of drug-likeness (QED) is 0.786. The number of nitrogens with one attached hydrogen (secondary N) is 1. The van der Waals surface area contributed by atoms with E-state index < -0.39 is 0 Å². The lowest BCUT2D eigenvalue weighted by Gasteiger charge is -2.16. The number of hydrogen-bond acceptors (Lipinski definition) is 4. The summed E-state index contributed by atoms with van der Waals surface area (Å²) in [6.07, 6.45) is 4.55. The van der Waals surface area contributed by atoms with Gasteiger partial charge in [-0.2, -0.15) is 0 Å². The molecular formula is C13H20BrN3O. The summed E-state index contributed by atoms with van der Waals surface area (Å²) in [4.78, 5) is 8.79. The fourth-order valence-electron chi connectivity index (χ4n) is 2.00. The van der Waals surface area contributed by atoms with E-state index in [0.717, 1.165) is 42.2 Å². The molecule has 18 heavy (non-hydrogen) atoms. The maximum absolute atomic E-state index is 5.16. The van der Waals surface area contributed by atoms with Crippen LogP contribution in [0.25, 0.3) is 0 Å². The number of hydrogen-bond donors (Lipinski definition) is 1. The summed E-state index contributed by atoms with van der Waals surface area (Å²) in [6.45, 7) is 3.88. The smallest absolute Gasteiger partial charge is 0.131 e. The Kier molecular flexibility index (Phi) is 4.56. The standard InChI is InChI=1S/C13H20BrN3O/c1-3-11-16-10(14)8-12(17-11)15-9-13(4-5-13)6-7-18-2/h8H,3-7,9H2,1-2H3,(H,15,16,17). The summed E-state index contributed by atoms with van der Waals surface area (Å²) < 4.78 is 6.01. The van der Waals surface area contributed by atoms with Crippen LogP contribution >= 0.6 is 15.9 Å². The van der Waals surface area contributed by atoms with Gasteiger partial charge in [0.2, 0.25) is 0 Å². The Morgan fingerprint density at radius 2 is 2.22 bits per heavy atom. The molecule has 0 atom stereocenters. The van der Waals surface area contributed by atoms with Gasteiger partial charge in [-0.15, -0.1) is 0 Å². The molecule has 4 nitrogen and oxygen atoms in total. The molecule has 0 unspecified atom stereocenters. The fourth-order valence-corrected chi connectivity index (χ4v) is 2.42. The van der Waals surface area contributed by atoms with Crippen molar-refractivity contribution in [3.63, 3.8) is 0 Å². The Bertz CT molecular complexity index is 407. The van der Waals surface area contributed by atoms with Gasteiger partial charge in [-0.25, -0.2) is 9.97 Å². The molecule has 0 amide bonds. The Morgan fingerprint density at radius 1 is 1.44 bits per heavy atom. The number of rotatable bonds is 7. The van der Waals surface area contributed by atoms with E-state index in [9.17, 15) is 0 Å². The molecule has 1 aromatic heterocycles. The predicted octanol–water partition coefficient (Wildman–Crippen LogP) is 3.03. The van der Waals surface area contributed by atoms with Gasteiger partial charge < -0.3 is 10.1 Å². The molecule has 0 saturated heterocycles. The molecule has 1 aliphatic carbocycles. The van der Waals surface area contributed by atoms with Gasteiger partial charge in [0.15, 0.2) is 0 Å². The number of aromatic nitrogens is 2. The van der Waals surface area contributed by atoms with Crippen LogP contribution in [0.1, 0.15) is 32.0 Å². The molecule has 1 saturated carbocycles. The Labute approximate surface area is 117 Å². The largest absolute Gasteiger partial charge is 0.385 e. The van der Waals surface area contributed by atoms with E-state index in [1.54, 1.807) is 7.11 Å². The summed E-state index contributed by atoms with van der Waals surface area (Å²) >= 11 is 3.42.